The lowest BCUT2D eigenvalue weighted by molar-refractivity contribution is -0.0203. The van der Waals surface area contributed by atoms with E-state index in [4.69, 9.17) is 4.74 Å². The number of aryl methyl sites for hydroxylation is 1. The fraction of sp³-hybridized carbons (Fsp3) is 0.588. The van der Waals surface area contributed by atoms with Crippen molar-refractivity contribution in [3.63, 3.8) is 0 Å². The Balaban J connectivity index is 1.63. The maximum absolute atomic E-state index is 5.93. The van der Waals surface area contributed by atoms with Crippen molar-refractivity contribution in [2.75, 3.05) is 17.2 Å². The van der Waals surface area contributed by atoms with Crippen LogP contribution in [0, 0.1) is 5.92 Å². The Bertz CT molecular complexity index is 656. The van der Waals surface area contributed by atoms with Crippen molar-refractivity contribution in [3.05, 3.63) is 30.4 Å². The number of anilines is 2. The van der Waals surface area contributed by atoms with E-state index in [2.05, 4.69) is 39.5 Å². The standard InChI is InChI=1S/C17H26N6O/c1-12(2)17-14(5-4-8-24-17)22-16-9-15(19-11-20-16)18-10-13-6-7-21-23(13)3/h6-7,9,11-12,14,17H,4-5,8,10H2,1-3H3,(H2,18,19,20,22)/t14-,17-/m0/s1. The molecule has 0 amide bonds. The molecular formula is C17H26N6O. The summed E-state index contributed by atoms with van der Waals surface area (Å²) in [5.74, 6) is 2.11. The molecule has 1 saturated heterocycles. The molecule has 1 aliphatic heterocycles. The minimum atomic E-state index is 0.222. The molecule has 2 N–H and O–H groups in total. The highest BCUT2D eigenvalue weighted by Crippen LogP contribution is 2.24. The van der Waals surface area contributed by atoms with Gasteiger partial charge in [-0.25, -0.2) is 9.97 Å². The quantitative estimate of drug-likeness (QED) is 0.847. The van der Waals surface area contributed by atoms with Gasteiger partial charge in [0.15, 0.2) is 0 Å². The number of aromatic nitrogens is 4. The predicted octanol–water partition coefficient (Wildman–Crippen LogP) is 2.44. The minimum absolute atomic E-state index is 0.222. The molecule has 0 radical (unpaired) electrons. The summed E-state index contributed by atoms with van der Waals surface area (Å²) in [6, 6.07) is 4.22. The molecule has 0 aromatic carbocycles. The van der Waals surface area contributed by atoms with Gasteiger partial charge in [0.05, 0.1) is 24.4 Å². The molecule has 3 heterocycles. The van der Waals surface area contributed by atoms with E-state index >= 15 is 0 Å². The van der Waals surface area contributed by atoms with Gasteiger partial charge in [-0.1, -0.05) is 13.8 Å². The van der Waals surface area contributed by atoms with Gasteiger partial charge in [-0.15, -0.1) is 0 Å². The van der Waals surface area contributed by atoms with Crippen LogP contribution in [0.4, 0.5) is 11.6 Å². The molecule has 3 rings (SSSR count). The molecule has 2 atom stereocenters. The summed E-state index contributed by atoms with van der Waals surface area (Å²) in [6.07, 6.45) is 5.78. The third-order valence-corrected chi connectivity index (χ3v) is 4.40. The van der Waals surface area contributed by atoms with Crippen LogP contribution in [0.3, 0.4) is 0 Å². The van der Waals surface area contributed by atoms with Crippen molar-refractivity contribution in [2.45, 2.75) is 45.4 Å². The average Bonchev–Trinajstić information content (AvgIpc) is 2.99. The number of nitrogens with one attached hydrogen (secondary N) is 2. The van der Waals surface area contributed by atoms with Gasteiger partial charge in [-0.2, -0.15) is 5.10 Å². The van der Waals surface area contributed by atoms with Gasteiger partial charge in [0, 0.05) is 25.9 Å². The van der Waals surface area contributed by atoms with Gasteiger partial charge < -0.3 is 15.4 Å². The Morgan fingerprint density at radius 3 is 2.92 bits per heavy atom. The predicted molar refractivity (Wildman–Crippen MR) is 93.8 cm³/mol. The summed E-state index contributed by atoms with van der Waals surface area (Å²) < 4.78 is 7.78. The van der Waals surface area contributed by atoms with E-state index < -0.39 is 0 Å². The fourth-order valence-electron chi connectivity index (χ4n) is 3.09. The zero-order valence-corrected chi connectivity index (χ0v) is 14.6. The first-order chi connectivity index (χ1) is 11.6. The van der Waals surface area contributed by atoms with Crippen molar-refractivity contribution >= 4 is 11.6 Å². The molecule has 0 unspecified atom stereocenters. The molecule has 2 aromatic rings. The van der Waals surface area contributed by atoms with Crippen LogP contribution in [0.15, 0.2) is 24.7 Å². The number of nitrogens with zero attached hydrogens (tertiary/aromatic N) is 4. The van der Waals surface area contributed by atoms with Crippen LogP contribution >= 0.6 is 0 Å². The third kappa shape index (κ3) is 4.03. The van der Waals surface area contributed by atoms with Gasteiger partial charge >= 0.3 is 0 Å². The highest BCUT2D eigenvalue weighted by molar-refractivity contribution is 5.47. The molecule has 0 spiro atoms. The van der Waals surface area contributed by atoms with Crippen LogP contribution in [0.25, 0.3) is 0 Å². The van der Waals surface area contributed by atoms with E-state index in [0.717, 1.165) is 36.8 Å². The Morgan fingerprint density at radius 1 is 1.33 bits per heavy atom. The first kappa shape index (κ1) is 16.7. The Kier molecular flexibility index (Phi) is 5.30. The zero-order chi connectivity index (χ0) is 16.9. The first-order valence-electron chi connectivity index (χ1n) is 8.54. The summed E-state index contributed by atoms with van der Waals surface area (Å²) in [7, 11) is 1.93. The lowest BCUT2D eigenvalue weighted by Crippen LogP contribution is -2.43. The molecule has 0 aliphatic carbocycles. The van der Waals surface area contributed by atoms with Crippen LogP contribution < -0.4 is 10.6 Å². The van der Waals surface area contributed by atoms with E-state index in [-0.39, 0.29) is 6.10 Å². The summed E-state index contributed by atoms with van der Waals surface area (Å²) in [4.78, 5) is 8.65. The molecule has 0 saturated carbocycles. The Labute approximate surface area is 142 Å². The van der Waals surface area contributed by atoms with E-state index in [1.165, 1.54) is 0 Å². The Morgan fingerprint density at radius 2 is 2.17 bits per heavy atom. The second-order valence-corrected chi connectivity index (χ2v) is 6.56. The Hall–Kier alpha value is -2.15. The summed E-state index contributed by atoms with van der Waals surface area (Å²) in [5, 5.41) is 11.0. The van der Waals surface area contributed by atoms with Crippen LogP contribution in [0.1, 0.15) is 32.4 Å². The smallest absolute Gasteiger partial charge is 0.131 e. The van der Waals surface area contributed by atoms with E-state index in [1.54, 1.807) is 12.5 Å². The topological polar surface area (TPSA) is 76.9 Å². The van der Waals surface area contributed by atoms with Crippen LogP contribution in [0.2, 0.25) is 0 Å². The fourth-order valence-corrected chi connectivity index (χ4v) is 3.09. The molecule has 7 heteroatoms. The summed E-state index contributed by atoms with van der Waals surface area (Å²) in [6.45, 7) is 5.92. The maximum atomic E-state index is 5.93. The lowest BCUT2D eigenvalue weighted by Gasteiger charge is -2.35. The monoisotopic (exact) mass is 330 g/mol. The molecule has 24 heavy (non-hydrogen) atoms. The molecule has 2 aromatic heterocycles. The second-order valence-electron chi connectivity index (χ2n) is 6.56. The molecule has 130 valence electrons. The van der Waals surface area contributed by atoms with Gasteiger partial charge in [0.2, 0.25) is 0 Å². The van der Waals surface area contributed by atoms with Gasteiger partial charge in [-0.05, 0) is 24.8 Å². The van der Waals surface area contributed by atoms with Gasteiger partial charge in [-0.3, -0.25) is 4.68 Å². The van der Waals surface area contributed by atoms with Crippen molar-refractivity contribution in [3.8, 4) is 0 Å². The van der Waals surface area contributed by atoms with Crippen molar-refractivity contribution in [1.82, 2.24) is 19.7 Å². The number of rotatable bonds is 6. The number of ether oxygens (including phenoxy) is 1. The van der Waals surface area contributed by atoms with E-state index in [1.807, 2.05) is 23.9 Å². The summed E-state index contributed by atoms with van der Waals surface area (Å²) >= 11 is 0. The van der Waals surface area contributed by atoms with Crippen LogP contribution in [-0.2, 0) is 18.3 Å². The molecular weight excluding hydrogens is 304 g/mol. The SMILES string of the molecule is CC(C)[C@@H]1OCCC[C@@H]1Nc1cc(NCc2ccnn2C)ncn1. The van der Waals surface area contributed by atoms with Crippen LogP contribution in [0.5, 0.6) is 0 Å². The lowest BCUT2D eigenvalue weighted by atomic mass is 9.94. The highest BCUT2D eigenvalue weighted by atomic mass is 16.5. The number of hydrogen-bond donors (Lipinski definition) is 2. The minimum Gasteiger partial charge on any atom is -0.376 e. The third-order valence-electron chi connectivity index (χ3n) is 4.40. The van der Waals surface area contributed by atoms with Gasteiger partial charge in [0.1, 0.15) is 18.0 Å². The van der Waals surface area contributed by atoms with Gasteiger partial charge in [0.25, 0.3) is 0 Å². The highest BCUT2D eigenvalue weighted by Gasteiger charge is 2.28. The first-order valence-corrected chi connectivity index (χ1v) is 8.54. The second kappa shape index (κ2) is 7.61. The number of hydrogen-bond acceptors (Lipinski definition) is 6. The largest absolute Gasteiger partial charge is 0.376 e. The molecule has 0 bridgehead atoms. The zero-order valence-electron chi connectivity index (χ0n) is 14.6. The van der Waals surface area contributed by atoms with Crippen molar-refractivity contribution in [2.24, 2.45) is 13.0 Å². The molecule has 7 nitrogen and oxygen atoms in total. The van der Waals surface area contributed by atoms with E-state index in [0.29, 0.717) is 18.5 Å². The van der Waals surface area contributed by atoms with Crippen LogP contribution in [-0.4, -0.2) is 38.5 Å². The van der Waals surface area contributed by atoms with Crippen molar-refractivity contribution < 1.29 is 4.74 Å². The normalized spacial score (nSPS) is 21.0. The molecule has 1 fully saturated rings. The van der Waals surface area contributed by atoms with E-state index in [9.17, 15) is 0 Å². The summed E-state index contributed by atoms with van der Waals surface area (Å²) in [5.41, 5.74) is 1.10. The average molecular weight is 330 g/mol. The van der Waals surface area contributed by atoms with Crippen molar-refractivity contribution in [1.29, 1.82) is 0 Å². The maximum Gasteiger partial charge on any atom is 0.131 e. The molecule has 1 aliphatic rings.